The summed E-state index contributed by atoms with van der Waals surface area (Å²) in [5.74, 6) is -0.370. The standard InChI is InChI=1S/C33H36N6O5S/c1-4-44-33(41)22-10-23(17-35-16-22)38-29-13-28(39-32(40)21-6-5-9-34-15-21)25-12-30(45(42,43)37-14-19(2)3)24-11-27(20-7-8-20)36-18-26(24)31(25)29/h5-6,9-12,15-20,28-29,37-38H,4,7-8,13-14H2,1-3H3,(H,39,40)/t28-,29-/m0/s1. The van der Waals surface area contributed by atoms with Gasteiger partial charge in [0.25, 0.3) is 5.91 Å². The third-order valence-electron chi connectivity index (χ3n) is 8.06. The van der Waals surface area contributed by atoms with Gasteiger partial charge >= 0.3 is 5.97 Å². The van der Waals surface area contributed by atoms with E-state index in [0.717, 1.165) is 24.1 Å². The topological polar surface area (TPSA) is 152 Å². The van der Waals surface area contributed by atoms with E-state index in [4.69, 9.17) is 9.72 Å². The third kappa shape index (κ3) is 6.52. The van der Waals surface area contributed by atoms with Crippen molar-refractivity contribution in [2.45, 2.75) is 62.9 Å². The molecule has 0 aliphatic heterocycles. The third-order valence-corrected chi connectivity index (χ3v) is 9.52. The molecule has 45 heavy (non-hydrogen) atoms. The van der Waals surface area contributed by atoms with Crippen molar-refractivity contribution in [2.75, 3.05) is 18.5 Å². The first-order chi connectivity index (χ1) is 21.6. The van der Waals surface area contributed by atoms with Gasteiger partial charge in [0.15, 0.2) is 0 Å². The van der Waals surface area contributed by atoms with E-state index in [-0.39, 0.29) is 35.9 Å². The Morgan fingerprint density at radius 2 is 1.80 bits per heavy atom. The number of nitrogens with one attached hydrogen (secondary N) is 3. The molecule has 1 fully saturated rings. The Labute approximate surface area is 262 Å². The number of sulfonamides is 1. The summed E-state index contributed by atoms with van der Waals surface area (Å²) in [6.07, 6.45) is 10.4. The quantitative estimate of drug-likeness (QED) is 0.194. The van der Waals surface area contributed by atoms with Crippen molar-refractivity contribution in [3.8, 4) is 0 Å². The molecule has 0 saturated heterocycles. The zero-order valence-corrected chi connectivity index (χ0v) is 26.2. The Balaban J connectivity index is 1.47. The molecule has 0 bridgehead atoms. The van der Waals surface area contributed by atoms with Gasteiger partial charge in [-0.1, -0.05) is 13.8 Å². The molecule has 1 amide bonds. The number of rotatable bonds is 11. The maximum absolute atomic E-state index is 13.8. The van der Waals surface area contributed by atoms with Crippen molar-refractivity contribution in [1.29, 1.82) is 0 Å². The summed E-state index contributed by atoms with van der Waals surface area (Å²) < 4.78 is 35.6. The Morgan fingerprint density at radius 3 is 2.51 bits per heavy atom. The lowest BCUT2D eigenvalue weighted by Crippen LogP contribution is -2.29. The zero-order valence-electron chi connectivity index (χ0n) is 25.4. The number of benzene rings is 1. The number of hydrogen-bond donors (Lipinski definition) is 3. The van der Waals surface area contributed by atoms with Gasteiger partial charge in [-0.25, -0.2) is 17.9 Å². The molecule has 4 aromatic rings. The average Bonchev–Trinajstić information content (AvgIpc) is 3.83. The summed E-state index contributed by atoms with van der Waals surface area (Å²) in [5, 5.41) is 7.87. The van der Waals surface area contributed by atoms with Crippen LogP contribution in [-0.4, -0.2) is 48.4 Å². The summed E-state index contributed by atoms with van der Waals surface area (Å²) in [6.45, 7) is 6.17. The summed E-state index contributed by atoms with van der Waals surface area (Å²) in [7, 11) is -3.91. The first kappa shape index (κ1) is 30.6. The Hall–Kier alpha value is -4.42. The molecule has 12 heteroatoms. The lowest BCUT2D eigenvalue weighted by molar-refractivity contribution is 0.0525. The van der Waals surface area contributed by atoms with Crippen LogP contribution >= 0.6 is 0 Å². The van der Waals surface area contributed by atoms with E-state index in [1.165, 1.54) is 12.4 Å². The Bertz CT molecular complexity index is 1860. The predicted molar refractivity (Wildman–Crippen MR) is 169 cm³/mol. The molecule has 3 N–H and O–H groups in total. The number of esters is 1. The van der Waals surface area contributed by atoms with Gasteiger partial charge in [-0.2, -0.15) is 0 Å². The summed E-state index contributed by atoms with van der Waals surface area (Å²) >= 11 is 0. The zero-order chi connectivity index (χ0) is 31.7. The number of fused-ring (bicyclic) bond motifs is 3. The SMILES string of the molecule is CCOC(=O)c1cncc(N[C@H]2C[C@H](NC(=O)c3cccnc3)c3cc(S(=O)(=O)NCC(C)C)c4cc(C5CC5)ncc4c32)c1. The van der Waals surface area contributed by atoms with Crippen LogP contribution in [0.1, 0.15) is 95.6 Å². The molecule has 234 valence electrons. The lowest BCUT2D eigenvalue weighted by Gasteiger charge is -2.19. The number of pyridine rings is 3. The average molecular weight is 629 g/mol. The number of anilines is 1. The molecule has 2 aliphatic rings. The van der Waals surface area contributed by atoms with Crippen LogP contribution < -0.4 is 15.4 Å². The van der Waals surface area contributed by atoms with Crippen LogP contribution in [0.4, 0.5) is 5.69 Å². The smallest absolute Gasteiger partial charge is 0.339 e. The van der Waals surface area contributed by atoms with Crippen molar-refractivity contribution in [1.82, 2.24) is 25.0 Å². The number of amides is 1. The normalized spacial score (nSPS) is 17.7. The molecule has 6 rings (SSSR count). The molecule has 2 atom stereocenters. The van der Waals surface area contributed by atoms with E-state index < -0.39 is 22.0 Å². The molecule has 1 saturated carbocycles. The van der Waals surface area contributed by atoms with Gasteiger partial charge in [-0.05, 0) is 73.6 Å². The molecular weight excluding hydrogens is 592 g/mol. The molecule has 0 spiro atoms. The molecule has 11 nitrogen and oxygen atoms in total. The summed E-state index contributed by atoms with van der Waals surface area (Å²) in [6, 6.07) is 7.74. The Morgan fingerprint density at radius 1 is 1.00 bits per heavy atom. The molecular formula is C33H36N6O5S. The largest absolute Gasteiger partial charge is 0.462 e. The highest BCUT2D eigenvalue weighted by Gasteiger charge is 2.37. The van der Waals surface area contributed by atoms with Crippen molar-refractivity contribution >= 4 is 38.4 Å². The van der Waals surface area contributed by atoms with E-state index in [1.807, 2.05) is 19.9 Å². The van der Waals surface area contributed by atoms with Gasteiger partial charge in [0.05, 0.1) is 40.4 Å². The lowest BCUT2D eigenvalue weighted by atomic mass is 9.98. The van der Waals surface area contributed by atoms with Gasteiger partial charge in [-0.15, -0.1) is 0 Å². The van der Waals surface area contributed by atoms with Crippen LogP contribution in [0.5, 0.6) is 0 Å². The van der Waals surface area contributed by atoms with Crippen LogP contribution in [0.25, 0.3) is 10.8 Å². The van der Waals surface area contributed by atoms with Crippen LogP contribution in [0.3, 0.4) is 0 Å². The Kier molecular flexibility index (Phi) is 8.52. The fourth-order valence-electron chi connectivity index (χ4n) is 5.73. The molecule has 3 heterocycles. The van der Waals surface area contributed by atoms with Gasteiger partial charge in [0.2, 0.25) is 10.0 Å². The number of nitrogens with zero attached hydrogens (tertiary/aromatic N) is 3. The first-order valence-electron chi connectivity index (χ1n) is 15.2. The molecule has 2 aliphatic carbocycles. The van der Waals surface area contributed by atoms with Crippen molar-refractivity contribution in [2.24, 2.45) is 5.92 Å². The maximum atomic E-state index is 13.8. The van der Waals surface area contributed by atoms with Crippen molar-refractivity contribution < 1.29 is 22.7 Å². The van der Waals surface area contributed by atoms with Crippen LogP contribution in [-0.2, 0) is 14.8 Å². The van der Waals surface area contributed by atoms with E-state index in [1.54, 1.807) is 49.8 Å². The molecule has 0 unspecified atom stereocenters. The second-order valence-electron chi connectivity index (χ2n) is 11.9. The van der Waals surface area contributed by atoms with Gasteiger partial charge in [0, 0.05) is 59.9 Å². The van der Waals surface area contributed by atoms with Gasteiger partial charge in [-0.3, -0.25) is 19.7 Å². The molecule has 0 radical (unpaired) electrons. The highest BCUT2D eigenvalue weighted by atomic mass is 32.2. The second-order valence-corrected chi connectivity index (χ2v) is 13.7. The van der Waals surface area contributed by atoms with E-state index >= 15 is 0 Å². The van der Waals surface area contributed by atoms with Crippen LogP contribution in [0.15, 0.2) is 66.2 Å². The van der Waals surface area contributed by atoms with E-state index in [0.29, 0.717) is 45.5 Å². The minimum absolute atomic E-state index is 0.114. The molecule has 1 aromatic carbocycles. The van der Waals surface area contributed by atoms with Gasteiger partial charge < -0.3 is 15.4 Å². The number of aromatic nitrogens is 3. The maximum Gasteiger partial charge on any atom is 0.339 e. The minimum atomic E-state index is -3.91. The number of hydrogen-bond acceptors (Lipinski definition) is 9. The van der Waals surface area contributed by atoms with E-state index in [2.05, 4.69) is 25.3 Å². The molecule has 3 aromatic heterocycles. The second kappa shape index (κ2) is 12.5. The fraction of sp³-hybridized carbons (Fsp3) is 0.364. The monoisotopic (exact) mass is 628 g/mol. The highest BCUT2D eigenvalue weighted by molar-refractivity contribution is 7.89. The predicted octanol–water partition coefficient (Wildman–Crippen LogP) is 5.04. The van der Waals surface area contributed by atoms with Crippen LogP contribution in [0.2, 0.25) is 0 Å². The number of carbonyl (C=O) groups is 2. The van der Waals surface area contributed by atoms with Gasteiger partial charge in [0.1, 0.15) is 0 Å². The first-order valence-corrected chi connectivity index (χ1v) is 16.7. The van der Waals surface area contributed by atoms with E-state index in [9.17, 15) is 18.0 Å². The number of ether oxygens (including phenoxy) is 1. The minimum Gasteiger partial charge on any atom is -0.462 e. The fourth-order valence-corrected chi connectivity index (χ4v) is 7.18. The van der Waals surface area contributed by atoms with Crippen molar-refractivity contribution in [3.63, 3.8) is 0 Å². The number of carbonyl (C=O) groups excluding carboxylic acids is 2. The highest BCUT2D eigenvalue weighted by Crippen LogP contribution is 2.47. The van der Waals surface area contributed by atoms with Crippen LogP contribution in [0, 0.1) is 5.92 Å². The summed E-state index contributed by atoms with van der Waals surface area (Å²) in [5.41, 5.74) is 3.67. The van der Waals surface area contributed by atoms with Crippen molar-refractivity contribution in [3.05, 3.63) is 89.3 Å². The summed E-state index contributed by atoms with van der Waals surface area (Å²) in [4.78, 5) is 39.0.